The van der Waals surface area contributed by atoms with E-state index >= 15 is 0 Å². The topological polar surface area (TPSA) is 93.1 Å². The lowest BCUT2D eigenvalue weighted by molar-refractivity contribution is 0.0686. The van der Waals surface area contributed by atoms with Crippen molar-refractivity contribution < 1.29 is 29.3 Å². The van der Waals surface area contributed by atoms with Gasteiger partial charge in [-0.25, -0.2) is 9.59 Å². The third-order valence-electron chi connectivity index (χ3n) is 4.74. The van der Waals surface area contributed by atoms with E-state index in [1.54, 1.807) is 48.5 Å². The van der Waals surface area contributed by atoms with Crippen LogP contribution in [-0.4, -0.2) is 35.4 Å². The minimum atomic E-state index is -0.953. The molecule has 150 valence electrons. The van der Waals surface area contributed by atoms with Crippen molar-refractivity contribution in [3.05, 3.63) is 83.9 Å². The summed E-state index contributed by atoms with van der Waals surface area (Å²) < 4.78 is 11.5. The van der Waals surface area contributed by atoms with E-state index in [9.17, 15) is 9.59 Å². The summed E-state index contributed by atoms with van der Waals surface area (Å²) in [4.78, 5) is 22.1. The second kappa shape index (κ2) is 8.13. The predicted octanol–water partition coefficient (Wildman–Crippen LogP) is 4.85. The molecule has 0 spiro atoms. The van der Waals surface area contributed by atoms with Gasteiger partial charge in [-0.2, -0.15) is 0 Å². The largest absolute Gasteiger partial charge is 0.490 e. The molecule has 0 atom stereocenters. The second-order valence-corrected chi connectivity index (χ2v) is 6.75. The van der Waals surface area contributed by atoms with E-state index in [0.29, 0.717) is 24.7 Å². The van der Waals surface area contributed by atoms with Gasteiger partial charge in [-0.05, 0) is 70.1 Å². The highest BCUT2D eigenvalue weighted by atomic mass is 16.5. The van der Waals surface area contributed by atoms with Crippen LogP contribution in [0.15, 0.2) is 72.8 Å². The Morgan fingerprint density at radius 2 is 0.933 bits per heavy atom. The van der Waals surface area contributed by atoms with Crippen LogP contribution in [0.5, 0.6) is 11.5 Å². The molecule has 0 aliphatic heterocycles. The maximum atomic E-state index is 11.1. The molecule has 30 heavy (non-hydrogen) atoms. The zero-order chi connectivity index (χ0) is 21.1. The first-order chi connectivity index (χ1) is 14.5. The number of carboxylic acids is 2. The Hall–Kier alpha value is -4.06. The average molecular weight is 402 g/mol. The van der Waals surface area contributed by atoms with E-state index in [1.807, 2.05) is 24.3 Å². The van der Waals surface area contributed by atoms with Crippen molar-refractivity contribution >= 4 is 33.5 Å². The molecule has 0 saturated heterocycles. The highest BCUT2D eigenvalue weighted by Gasteiger charge is 2.06. The van der Waals surface area contributed by atoms with Gasteiger partial charge < -0.3 is 19.7 Å². The van der Waals surface area contributed by atoms with Crippen LogP contribution in [0.4, 0.5) is 0 Å². The molecule has 0 aliphatic rings. The van der Waals surface area contributed by atoms with E-state index in [-0.39, 0.29) is 11.1 Å². The Morgan fingerprint density at radius 3 is 1.33 bits per heavy atom. The van der Waals surface area contributed by atoms with Crippen molar-refractivity contribution in [2.24, 2.45) is 0 Å². The van der Waals surface area contributed by atoms with Crippen LogP contribution in [0.3, 0.4) is 0 Å². The van der Waals surface area contributed by atoms with Gasteiger partial charge in [0.05, 0.1) is 11.1 Å². The van der Waals surface area contributed by atoms with Gasteiger partial charge in [0.25, 0.3) is 0 Å². The molecular weight excluding hydrogens is 384 g/mol. The van der Waals surface area contributed by atoms with E-state index in [2.05, 4.69) is 0 Å². The smallest absolute Gasteiger partial charge is 0.335 e. The molecule has 0 unspecified atom stereocenters. The van der Waals surface area contributed by atoms with Crippen LogP contribution in [-0.2, 0) is 0 Å². The van der Waals surface area contributed by atoms with Gasteiger partial charge in [0, 0.05) is 0 Å². The zero-order valence-electron chi connectivity index (χ0n) is 15.9. The zero-order valence-corrected chi connectivity index (χ0v) is 15.9. The molecule has 0 bridgehead atoms. The number of carbonyl (C=O) groups is 2. The number of hydrogen-bond acceptors (Lipinski definition) is 4. The standard InChI is InChI=1S/C24H18O6/c25-23(26)19-3-1-17-13-21(7-5-15(17)11-19)29-9-10-30-22-8-6-16-12-20(24(27)28)4-2-18(16)14-22/h1-8,11-14H,9-10H2,(H,25,26)(H,27,28). The van der Waals surface area contributed by atoms with Gasteiger partial charge in [-0.1, -0.05) is 24.3 Å². The van der Waals surface area contributed by atoms with E-state index in [1.165, 1.54) is 0 Å². The SMILES string of the molecule is O=C(O)c1ccc2cc(OCCOc3ccc4cc(C(=O)O)ccc4c3)ccc2c1. The Bertz CT molecular complexity index is 1160. The highest BCUT2D eigenvalue weighted by Crippen LogP contribution is 2.24. The van der Waals surface area contributed by atoms with Gasteiger partial charge in [0.1, 0.15) is 24.7 Å². The molecule has 0 aromatic heterocycles. The van der Waals surface area contributed by atoms with Gasteiger partial charge in [-0.3, -0.25) is 0 Å². The normalized spacial score (nSPS) is 10.8. The molecule has 0 saturated carbocycles. The van der Waals surface area contributed by atoms with Gasteiger partial charge in [0.15, 0.2) is 0 Å². The first kappa shape index (κ1) is 19.3. The monoisotopic (exact) mass is 402 g/mol. The first-order valence-corrected chi connectivity index (χ1v) is 9.29. The number of carboxylic acid groups (broad SMARTS) is 2. The minimum Gasteiger partial charge on any atom is -0.490 e. The van der Waals surface area contributed by atoms with E-state index in [4.69, 9.17) is 19.7 Å². The Morgan fingerprint density at radius 1 is 0.567 bits per heavy atom. The number of benzene rings is 4. The van der Waals surface area contributed by atoms with Crippen molar-refractivity contribution in [2.45, 2.75) is 0 Å². The fraction of sp³-hybridized carbons (Fsp3) is 0.0833. The number of fused-ring (bicyclic) bond motifs is 2. The van der Waals surface area contributed by atoms with Crippen molar-refractivity contribution in [2.75, 3.05) is 13.2 Å². The summed E-state index contributed by atoms with van der Waals surface area (Å²) in [6.45, 7) is 0.684. The summed E-state index contributed by atoms with van der Waals surface area (Å²) in [7, 11) is 0. The Kier molecular flexibility index (Phi) is 5.22. The fourth-order valence-electron chi connectivity index (χ4n) is 3.21. The number of hydrogen-bond donors (Lipinski definition) is 2. The molecule has 4 rings (SSSR count). The number of ether oxygens (including phenoxy) is 2. The van der Waals surface area contributed by atoms with E-state index < -0.39 is 11.9 Å². The average Bonchev–Trinajstić information content (AvgIpc) is 2.75. The lowest BCUT2D eigenvalue weighted by atomic mass is 10.1. The summed E-state index contributed by atoms with van der Waals surface area (Å²) in [5.74, 6) is -0.557. The molecule has 4 aromatic rings. The van der Waals surface area contributed by atoms with Crippen molar-refractivity contribution in [1.29, 1.82) is 0 Å². The molecule has 6 heteroatoms. The van der Waals surface area contributed by atoms with Crippen molar-refractivity contribution in [3.63, 3.8) is 0 Å². The van der Waals surface area contributed by atoms with Gasteiger partial charge >= 0.3 is 11.9 Å². The summed E-state index contributed by atoms with van der Waals surface area (Å²) in [6.07, 6.45) is 0. The van der Waals surface area contributed by atoms with Crippen LogP contribution in [0.2, 0.25) is 0 Å². The molecule has 0 amide bonds. The Balaban J connectivity index is 1.36. The molecular formula is C24H18O6. The van der Waals surface area contributed by atoms with Crippen LogP contribution in [0, 0.1) is 0 Å². The minimum absolute atomic E-state index is 0.249. The quantitative estimate of drug-likeness (QED) is 0.430. The molecule has 6 nitrogen and oxygen atoms in total. The summed E-state index contributed by atoms with van der Waals surface area (Å²) in [5.41, 5.74) is 0.498. The molecule has 2 N–H and O–H groups in total. The van der Waals surface area contributed by atoms with Crippen molar-refractivity contribution in [1.82, 2.24) is 0 Å². The van der Waals surface area contributed by atoms with Gasteiger partial charge in [-0.15, -0.1) is 0 Å². The highest BCUT2D eigenvalue weighted by molar-refractivity contribution is 5.95. The second-order valence-electron chi connectivity index (χ2n) is 6.75. The molecule has 0 heterocycles. The predicted molar refractivity (Wildman–Crippen MR) is 113 cm³/mol. The molecule has 0 radical (unpaired) electrons. The summed E-state index contributed by atoms with van der Waals surface area (Å²) >= 11 is 0. The third-order valence-corrected chi connectivity index (χ3v) is 4.74. The summed E-state index contributed by atoms with van der Waals surface area (Å²) in [5, 5.41) is 21.6. The Labute approximate surface area is 171 Å². The van der Waals surface area contributed by atoms with Crippen LogP contribution < -0.4 is 9.47 Å². The molecule has 0 aliphatic carbocycles. The number of aromatic carboxylic acids is 2. The van der Waals surface area contributed by atoms with Crippen LogP contribution >= 0.6 is 0 Å². The molecule has 4 aromatic carbocycles. The van der Waals surface area contributed by atoms with Gasteiger partial charge in [0.2, 0.25) is 0 Å². The maximum absolute atomic E-state index is 11.1. The summed E-state index contributed by atoms with van der Waals surface area (Å²) in [6, 6.07) is 20.9. The number of rotatable bonds is 7. The molecule has 0 fully saturated rings. The van der Waals surface area contributed by atoms with Crippen LogP contribution in [0.1, 0.15) is 20.7 Å². The lowest BCUT2D eigenvalue weighted by Gasteiger charge is -2.10. The lowest BCUT2D eigenvalue weighted by Crippen LogP contribution is -2.09. The fourth-order valence-corrected chi connectivity index (χ4v) is 3.21. The van der Waals surface area contributed by atoms with E-state index in [0.717, 1.165) is 21.5 Å². The maximum Gasteiger partial charge on any atom is 0.335 e. The van der Waals surface area contributed by atoms with Crippen molar-refractivity contribution in [3.8, 4) is 11.5 Å². The van der Waals surface area contributed by atoms with Crippen LogP contribution in [0.25, 0.3) is 21.5 Å². The third kappa shape index (κ3) is 4.17. The first-order valence-electron chi connectivity index (χ1n) is 9.29.